The fraction of sp³-hybridized carbons (Fsp3) is 0.579. The Morgan fingerprint density at radius 3 is 2.42 bits per heavy atom. The summed E-state index contributed by atoms with van der Waals surface area (Å²) >= 11 is 0. The van der Waals surface area contributed by atoms with Gasteiger partial charge in [-0.15, -0.1) is 0 Å². The topological polar surface area (TPSA) is 75.4 Å². The summed E-state index contributed by atoms with van der Waals surface area (Å²) in [7, 11) is 2.03. The number of hydrogen-bond donors (Lipinski definition) is 0. The SMILES string of the molecule is CC(=O)N1CCC(Cc2cnc(CN(C)Cc3cc(C)on3)cn2)CC1. The van der Waals surface area contributed by atoms with E-state index >= 15 is 0 Å². The third kappa shape index (κ3) is 5.11. The molecule has 0 atom stereocenters. The van der Waals surface area contributed by atoms with Crippen LogP contribution >= 0.6 is 0 Å². The lowest BCUT2D eigenvalue weighted by atomic mass is 9.92. The van der Waals surface area contributed by atoms with Crippen molar-refractivity contribution in [3.63, 3.8) is 0 Å². The Hall–Kier alpha value is -2.28. The Bertz CT molecular complexity index is 720. The molecule has 0 spiro atoms. The highest BCUT2D eigenvalue weighted by Crippen LogP contribution is 2.20. The summed E-state index contributed by atoms with van der Waals surface area (Å²) in [6, 6.07) is 1.95. The molecular formula is C19H27N5O2. The predicted octanol–water partition coefficient (Wildman–Crippen LogP) is 2.21. The van der Waals surface area contributed by atoms with Crippen LogP contribution in [-0.2, 0) is 24.3 Å². The summed E-state index contributed by atoms with van der Waals surface area (Å²) in [6.07, 6.45) is 6.78. The lowest BCUT2D eigenvalue weighted by Gasteiger charge is -2.31. The van der Waals surface area contributed by atoms with Crippen molar-refractivity contribution < 1.29 is 9.32 Å². The molecular weight excluding hydrogens is 330 g/mol. The molecule has 0 aromatic carbocycles. The first-order chi connectivity index (χ1) is 12.5. The number of carbonyl (C=O) groups is 1. The zero-order chi connectivity index (χ0) is 18.5. The second-order valence-corrected chi connectivity index (χ2v) is 7.25. The zero-order valence-corrected chi connectivity index (χ0v) is 15.8. The monoisotopic (exact) mass is 357 g/mol. The number of rotatable bonds is 6. The number of aromatic nitrogens is 3. The minimum absolute atomic E-state index is 0.178. The smallest absolute Gasteiger partial charge is 0.219 e. The van der Waals surface area contributed by atoms with Crippen LogP contribution in [0.3, 0.4) is 0 Å². The first-order valence-electron chi connectivity index (χ1n) is 9.15. The van der Waals surface area contributed by atoms with E-state index in [1.54, 1.807) is 6.92 Å². The molecule has 0 bridgehead atoms. The van der Waals surface area contributed by atoms with Gasteiger partial charge in [0.1, 0.15) is 5.76 Å². The summed E-state index contributed by atoms with van der Waals surface area (Å²) in [6.45, 7) is 6.69. The predicted molar refractivity (Wildman–Crippen MR) is 97.1 cm³/mol. The molecule has 0 radical (unpaired) electrons. The van der Waals surface area contributed by atoms with Crippen LogP contribution in [-0.4, -0.2) is 51.0 Å². The molecule has 1 aliphatic heterocycles. The second kappa shape index (κ2) is 8.40. The molecule has 1 aliphatic rings. The maximum absolute atomic E-state index is 11.4. The Morgan fingerprint density at radius 2 is 1.85 bits per heavy atom. The van der Waals surface area contributed by atoms with Crippen LogP contribution in [0.15, 0.2) is 23.0 Å². The van der Waals surface area contributed by atoms with E-state index in [0.717, 1.165) is 68.3 Å². The van der Waals surface area contributed by atoms with E-state index in [2.05, 4.69) is 20.0 Å². The molecule has 0 saturated carbocycles. The summed E-state index contributed by atoms with van der Waals surface area (Å²) in [4.78, 5) is 24.6. The molecule has 140 valence electrons. The van der Waals surface area contributed by atoms with Gasteiger partial charge < -0.3 is 9.42 Å². The third-order valence-electron chi connectivity index (χ3n) is 4.86. The Balaban J connectivity index is 1.47. The molecule has 1 fully saturated rings. The molecule has 0 N–H and O–H groups in total. The van der Waals surface area contributed by atoms with Crippen LogP contribution < -0.4 is 0 Å². The van der Waals surface area contributed by atoms with Gasteiger partial charge in [0.05, 0.1) is 23.3 Å². The number of carbonyl (C=O) groups excluding carboxylic acids is 1. The molecule has 0 aliphatic carbocycles. The largest absolute Gasteiger partial charge is 0.361 e. The van der Waals surface area contributed by atoms with Crippen molar-refractivity contribution in [3.8, 4) is 0 Å². The lowest BCUT2D eigenvalue weighted by Crippen LogP contribution is -2.37. The molecule has 0 unspecified atom stereocenters. The van der Waals surface area contributed by atoms with Crippen molar-refractivity contribution in [1.82, 2.24) is 24.9 Å². The molecule has 3 rings (SSSR count). The lowest BCUT2D eigenvalue weighted by molar-refractivity contribution is -0.130. The van der Waals surface area contributed by atoms with Crippen molar-refractivity contribution in [2.24, 2.45) is 5.92 Å². The van der Waals surface area contributed by atoms with Gasteiger partial charge in [-0.05, 0) is 39.2 Å². The van der Waals surface area contributed by atoms with Crippen molar-refractivity contribution in [3.05, 3.63) is 41.3 Å². The zero-order valence-electron chi connectivity index (χ0n) is 15.8. The number of likely N-dealkylation sites (tertiary alicyclic amines) is 1. The number of hydrogen-bond acceptors (Lipinski definition) is 6. The Labute approximate surface area is 154 Å². The highest BCUT2D eigenvalue weighted by atomic mass is 16.5. The van der Waals surface area contributed by atoms with Gasteiger partial charge in [-0.3, -0.25) is 19.7 Å². The van der Waals surface area contributed by atoms with Gasteiger partial charge in [0.25, 0.3) is 0 Å². The van der Waals surface area contributed by atoms with Crippen LogP contribution in [0, 0.1) is 12.8 Å². The van der Waals surface area contributed by atoms with Gasteiger partial charge >= 0.3 is 0 Å². The second-order valence-electron chi connectivity index (χ2n) is 7.25. The highest BCUT2D eigenvalue weighted by molar-refractivity contribution is 5.73. The fourth-order valence-corrected chi connectivity index (χ4v) is 3.42. The standard InChI is InChI=1S/C19H27N5O2/c1-14-8-18(22-26-14)12-23(3)13-19-11-20-17(10-21-19)9-16-4-6-24(7-5-16)15(2)25/h8,10-11,16H,4-7,9,12-13H2,1-3H3. The maximum atomic E-state index is 11.4. The van der Waals surface area contributed by atoms with E-state index < -0.39 is 0 Å². The van der Waals surface area contributed by atoms with E-state index in [0.29, 0.717) is 5.92 Å². The number of nitrogens with zero attached hydrogens (tertiary/aromatic N) is 5. The third-order valence-corrected chi connectivity index (χ3v) is 4.86. The van der Waals surface area contributed by atoms with Crippen LogP contribution in [0.4, 0.5) is 0 Å². The average Bonchev–Trinajstić information content (AvgIpc) is 3.02. The van der Waals surface area contributed by atoms with Gasteiger partial charge in [-0.1, -0.05) is 5.16 Å². The first kappa shape index (κ1) is 18.5. The fourth-order valence-electron chi connectivity index (χ4n) is 3.42. The van der Waals surface area contributed by atoms with Gasteiger partial charge in [0.2, 0.25) is 5.91 Å². The van der Waals surface area contributed by atoms with Gasteiger partial charge in [0, 0.05) is 45.4 Å². The van der Waals surface area contributed by atoms with Crippen LogP contribution in [0.1, 0.15) is 42.6 Å². The van der Waals surface area contributed by atoms with Crippen LogP contribution in [0.25, 0.3) is 0 Å². The summed E-state index contributed by atoms with van der Waals surface area (Å²) in [5, 5.41) is 4.02. The minimum Gasteiger partial charge on any atom is -0.361 e. The molecule has 26 heavy (non-hydrogen) atoms. The van der Waals surface area contributed by atoms with Crippen molar-refractivity contribution in [2.75, 3.05) is 20.1 Å². The van der Waals surface area contributed by atoms with Gasteiger partial charge in [-0.25, -0.2) is 0 Å². The minimum atomic E-state index is 0.178. The van der Waals surface area contributed by atoms with Crippen LogP contribution in [0.2, 0.25) is 0 Å². The molecule has 3 heterocycles. The van der Waals surface area contributed by atoms with Gasteiger partial charge in [-0.2, -0.15) is 0 Å². The summed E-state index contributed by atoms with van der Waals surface area (Å²) < 4.78 is 5.10. The Kier molecular flexibility index (Phi) is 5.98. The van der Waals surface area contributed by atoms with Crippen molar-refractivity contribution >= 4 is 5.91 Å². The average molecular weight is 357 g/mol. The van der Waals surface area contributed by atoms with E-state index in [-0.39, 0.29) is 5.91 Å². The molecule has 7 nitrogen and oxygen atoms in total. The highest BCUT2D eigenvalue weighted by Gasteiger charge is 2.21. The first-order valence-corrected chi connectivity index (χ1v) is 9.15. The van der Waals surface area contributed by atoms with E-state index in [1.165, 1.54) is 0 Å². The molecule has 2 aromatic heterocycles. The molecule has 1 saturated heterocycles. The Morgan fingerprint density at radius 1 is 1.19 bits per heavy atom. The number of piperidine rings is 1. The van der Waals surface area contributed by atoms with E-state index in [9.17, 15) is 4.79 Å². The normalized spacial score (nSPS) is 15.6. The van der Waals surface area contributed by atoms with Crippen molar-refractivity contribution in [2.45, 2.75) is 46.2 Å². The summed E-state index contributed by atoms with van der Waals surface area (Å²) in [5.41, 5.74) is 2.90. The van der Waals surface area contributed by atoms with Crippen LogP contribution in [0.5, 0.6) is 0 Å². The summed E-state index contributed by atoms with van der Waals surface area (Å²) in [5.74, 6) is 1.59. The quantitative estimate of drug-likeness (QED) is 0.789. The maximum Gasteiger partial charge on any atom is 0.219 e. The van der Waals surface area contributed by atoms with Gasteiger partial charge in [0.15, 0.2) is 0 Å². The molecule has 7 heteroatoms. The van der Waals surface area contributed by atoms with Crippen molar-refractivity contribution in [1.29, 1.82) is 0 Å². The molecule has 2 aromatic rings. The van der Waals surface area contributed by atoms with E-state index in [1.807, 2.05) is 37.3 Å². The number of aryl methyl sites for hydroxylation is 1. The van der Waals surface area contributed by atoms with E-state index in [4.69, 9.17) is 4.52 Å². The number of amides is 1. The molecule has 1 amide bonds.